The summed E-state index contributed by atoms with van der Waals surface area (Å²) in [5.41, 5.74) is 2.05. The number of carbonyl (C=O) groups excluding carboxylic acids is 1. The van der Waals surface area contributed by atoms with Crippen molar-refractivity contribution in [1.82, 2.24) is 9.97 Å². The summed E-state index contributed by atoms with van der Waals surface area (Å²) < 4.78 is 11.3. The van der Waals surface area contributed by atoms with Gasteiger partial charge < -0.3 is 9.47 Å². The number of hydrogen-bond donors (Lipinski definition) is 0. The Morgan fingerprint density at radius 1 is 1.17 bits per heavy atom. The molecule has 0 bridgehead atoms. The van der Waals surface area contributed by atoms with Crippen molar-refractivity contribution >= 4 is 5.78 Å². The van der Waals surface area contributed by atoms with E-state index in [4.69, 9.17) is 14.5 Å². The minimum Gasteiger partial charge on any atom is -0.478 e. The first-order valence-electron chi connectivity index (χ1n) is 8.71. The van der Waals surface area contributed by atoms with Crippen molar-refractivity contribution in [2.24, 2.45) is 11.8 Å². The van der Waals surface area contributed by atoms with Crippen LogP contribution in [0, 0.1) is 11.8 Å². The number of ether oxygens (including phenoxy) is 2. The van der Waals surface area contributed by atoms with Crippen LogP contribution in [-0.2, 0) is 16.6 Å². The molecule has 0 unspecified atom stereocenters. The van der Waals surface area contributed by atoms with Crippen molar-refractivity contribution in [3.8, 4) is 11.9 Å². The fraction of sp³-hybridized carbons (Fsp3) is 0.722. The molecule has 1 saturated carbocycles. The Bertz CT molecular complexity index is 617. The van der Waals surface area contributed by atoms with E-state index in [0.29, 0.717) is 43.2 Å². The Hall–Kier alpha value is -1.65. The maximum atomic E-state index is 12.2. The van der Waals surface area contributed by atoms with E-state index in [9.17, 15) is 4.79 Å². The zero-order chi connectivity index (χ0) is 16.6. The van der Waals surface area contributed by atoms with Gasteiger partial charge in [0.25, 0.3) is 0 Å². The molecule has 0 aromatic carbocycles. The molecule has 1 aromatic heterocycles. The summed E-state index contributed by atoms with van der Waals surface area (Å²) in [4.78, 5) is 21.3. The van der Waals surface area contributed by atoms with Gasteiger partial charge in [-0.3, -0.25) is 4.79 Å². The third-order valence-corrected chi connectivity index (χ3v) is 5.57. The predicted octanol–water partition coefficient (Wildman–Crippen LogP) is 3.09. The van der Waals surface area contributed by atoms with Crippen LogP contribution in [0.25, 0.3) is 0 Å². The summed E-state index contributed by atoms with van der Waals surface area (Å²) >= 11 is 0. The molecule has 126 valence electrons. The largest absolute Gasteiger partial charge is 0.478 e. The molecular formula is C18H26N2O3. The third kappa shape index (κ3) is 2.60. The lowest BCUT2D eigenvalue weighted by Gasteiger charge is -2.47. The quantitative estimate of drug-likeness (QED) is 0.853. The molecule has 23 heavy (non-hydrogen) atoms. The number of Topliss-reactive ketones (excluding diaryl/α,β-unsaturated/α-hetero) is 1. The average molecular weight is 318 g/mol. The second kappa shape index (κ2) is 6.10. The third-order valence-electron chi connectivity index (χ3n) is 5.57. The van der Waals surface area contributed by atoms with Gasteiger partial charge >= 0.3 is 6.01 Å². The van der Waals surface area contributed by atoms with Crippen molar-refractivity contribution in [3.63, 3.8) is 0 Å². The SMILES string of the molecule is CCOc1nc(OCC)c2c(n1)[C@@]1(C)CCC(=O)[C@@H](C)[C@@H]1CC2. The first-order valence-corrected chi connectivity index (χ1v) is 8.71. The zero-order valence-corrected chi connectivity index (χ0v) is 14.5. The molecule has 0 amide bonds. The maximum absolute atomic E-state index is 12.2. The van der Waals surface area contributed by atoms with Crippen molar-refractivity contribution in [2.45, 2.75) is 58.8 Å². The van der Waals surface area contributed by atoms with Crippen LogP contribution >= 0.6 is 0 Å². The first kappa shape index (κ1) is 16.2. The Morgan fingerprint density at radius 3 is 2.61 bits per heavy atom. The maximum Gasteiger partial charge on any atom is 0.319 e. The van der Waals surface area contributed by atoms with Gasteiger partial charge in [-0.25, -0.2) is 0 Å². The van der Waals surface area contributed by atoms with Gasteiger partial charge in [-0.1, -0.05) is 13.8 Å². The minimum absolute atomic E-state index is 0.0957. The van der Waals surface area contributed by atoms with Crippen molar-refractivity contribution in [1.29, 1.82) is 0 Å². The van der Waals surface area contributed by atoms with E-state index < -0.39 is 0 Å². The number of rotatable bonds is 4. The van der Waals surface area contributed by atoms with Gasteiger partial charge in [0.05, 0.1) is 18.9 Å². The van der Waals surface area contributed by atoms with E-state index in [1.807, 2.05) is 13.8 Å². The summed E-state index contributed by atoms with van der Waals surface area (Å²) in [5, 5.41) is 0. The molecule has 3 rings (SSSR count). The average Bonchev–Trinajstić information content (AvgIpc) is 2.53. The lowest BCUT2D eigenvalue weighted by atomic mass is 9.56. The molecule has 5 heteroatoms. The molecule has 0 radical (unpaired) electrons. The molecule has 1 aromatic rings. The molecule has 2 aliphatic carbocycles. The van der Waals surface area contributed by atoms with Gasteiger partial charge in [-0.2, -0.15) is 9.97 Å². The highest BCUT2D eigenvalue weighted by Crippen LogP contribution is 2.51. The molecule has 0 spiro atoms. The van der Waals surface area contributed by atoms with E-state index in [2.05, 4.69) is 18.8 Å². The summed E-state index contributed by atoms with van der Waals surface area (Å²) in [5.74, 6) is 1.49. The van der Waals surface area contributed by atoms with Gasteiger partial charge in [-0.05, 0) is 39.0 Å². The summed E-state index contributed by atoms with van der Waals surface area (Å²) in [7, 11) is 0. The van der Waals surface area contributed by atoms with Gasteiger partial charge in [0.1, 0.15) is 5.78 Å². The summed E-state index contributed by atoms with van der Waals surface area (Å²) in [6, 6.07) is 0.390. The molecule has 2 aliphatic rings. The Balaban J connectivity index is 2.10. The van der Waals surface area contributed by atoms with E-state index in [0.717, 1.165) is 30.5 Å². The van der Waals surface area contributed by atoms with Crippen LogP contribution in [0.2, 0.25) is 0 Å². The molecular weight excluding hydrogens is 292 g/mol. The number of nitrogens with zero attached hydrogens (tertiary/aromatic N) is 2. The zero-order valence-electron chi connectivity index (χ0n) is 14.5. The van der Waals surface area contributed by atoms with Crippen LogP contribution in [0.1, 0.15) is 58.2 Å². The normalized spacial score (nSPS) is 29.7. The summed E-state index contributed by atoms with van der Waals surface area (Å²) in [6.07, 6.45) is 3.34. The van der Waals surface area contributed by atoms with Gasteiger partial charge in [-0.15, -0.1) is 0 Å². The number of ketones is 1. The number of fused-ring (bicyclic) bond motifs is 3. The predicted molar refractivity (Wildman–Crippen MR) is 86.9 cm³/mol. The molecule has 5 nitrogen and oxygen atoms in total. The van der Waals surface area contributed by atoms with E-state index in [1.165, 1.54) is 0 Å². The highest BCUT2D eigenvalue weighted by atomic mass is 16.5. The molecule has 0 saturated heterocycles. The van der Waals surface area contributed by atoms with Crippen LogP contribution in [0.3, 0.4) is 0 Å². The lowest BCUT2D eigenvalue weighted by molar-refractivity contribution is -0.128. The smallest absolute Gasteiger partial charge is 0.319 e. The first-order chi connectivity index (χ1) is 11.0. The van der Waals surface area contributed by atoms with Gasteiger partial charge in [0.2, 0.25) is 5.88 Å². The highest BCUT2D eigenvalue weighted by molar-refractivity contribution is 5.82. The van der Waals surface area contributed by atoms with Crippen LogP contribution in [0.4, 0.5) is 0 Å². The molecule has 3 atom stereocenters. The van der Waals surface area contributed by atoms with Crippen molar-refractivity contribution in [2.75, 3.05) is 13.2 Å². The topological polar surface area (TPSA) is 61.3 Å². The van der Waals surface area contributed by atoms with E-state index >= 15 is 0 Å². The van der Waals surface area contributed by atoms with E-state index in [1.54, 1.807) is 0 Å². The highest BCUT2D eigenvalue weighted by Gasteiger charge is 2.50. The van der Waals surface area contributed by atoms with Crippen molar-refractivity contribution in [3.05, 3.63) is 11.3 Å². The fourth-order valence-corrected chi connectivity index (χ4v) is 4.33. The monoisotopic (exact) mass is 318 g/mol. The molecule has 0 N–H and O–H groups in total. The van der Waals surface area contributed by atoms with Crippen LogP contribution < -0.4 is 9.47 Å². The van der Waals surface area contributed by atoms with Crippen molar-refractivity contribution < 1.29 is 14.3 Å². The lowest BCUT2D eigenvalue weighted by Crippen LogP contribution is -2.47. The van der Waals surface area contributed by atoms with E-state index in [-0.39, 0.29) is 11.3 Å². The Kier molecular flexibility index (Phi) is 4.30. The second-order valence-electron chi connectivity index (χ2n) is 6.82. The standard InChI is InChI=1S/C18H26N2O3/c1-5-22-16-12-7-8-13-11(3)14(21)9-10-18(13,4)15(12)19-17(20-16)23-6-2/h11,13H,5-10H2,1-4H3/t11-,13-,18-/m0/s1. The fourth-order valence-electron chi connectivity index (χ4n) is 4.33. The van der Waals surface area contributed by atoms with Gasteiger partial charge in [0.15, 0.2) is 0 Å². The minimum atomic E-state index is -0.0957. The molecule has 1 heterocycles. The van der Waals surface area contributed by atoms with Crippen LogP contribution in [0.15, 0.2) is 0 Å². The van der Waals surface area contributed by atoms with Crippen LogP contribution in [-0.4, -0.2) is 29.0 Å². The number of carbonyl (C=O) groups is 1. The van der Waals surface area contributed by atoms with Gasteiger partial charge in [0, 0.05) is 23.3 Å². The second-order valence-corrected chi connectivity index (χ2v) is 6.82. The molecule has 1 fully saturated rings. The Morgan fingerprint density at radius 2 is 1.91 bits per heavy atom. The summed E-state index contributed by atoms with van der Waals surface area (Å²) in [6.45, 7) is 9.31. The molecule has 0 aliphatic heterocycles. The van der Waals surface area contributed by atoms with Crippen LogP contribution in [0.5, 0.6) is 11.9 Å². The Labute approximate surface area is 137 Å². The number of aromatic nitrogens is 2. The number of hydrogen-bond acceptors (Lipinski definition) is 5.